The Morgan fingerprint density at radius 1 is 0.565 bits per heavy atom. The molecule has 0 aromatic carbocycles. The van der Waals surface area contributed by atoms with Crippen molar-refractivity contribution in [2.45, 2.75) is 81.4 Å². The lowest BCUT2D eigenvalue weighted by Gasteiger charge is -2.28. The Balaban J connectivity index is 0.944. The van der Waals surface area contributed by atoms with Gasteiger partial charge in [-0.2, -0.15) is 0 Å². The van der Waals surface area contributed by atoms with E-state index in [9.17, 15) is 23.9 Å². The summed E-state index contributed by atoms with van der Waals surface area (Å²) in [5.74, 6) is -0.193. The number of imidazole rings is 3. The predicted molar refractivity (Wildman–Crippen MR) is 242 cm³/mol. The largest absolute Gasteiger partial charge is 0.387 e. The third-order valence-electron chi connectivity index (χ3n) is 11.8. The normalized spacial score (nSPS) is 30.4. The maximum Gasteiger partial charge on any atom is 0.328 e. The zero-order valence-corrected chi connectivity index (χ0v) is 40.6. The first-order valence-electron chi connectivity index (χ1n) is 21.5. The van der Waals surface area contributed by atoms with Gasteiger partial charge in [0.1, 0.15) is 78.3 Å². The van der Waals surface area contributed by atoms with Crippen LogP contribution in [0.1, 0.15) is 32.5 Å². The van der Waals surface area contributed by atoms with Gasteiger partial charge in [0, 0.05) is 39.2 Å². The topological polar surface area (TPSA) is 384 Å². The molecule has 3 aliphatic rings. The highest BCUT2D eigenvalue weighted by atomic mass is 31.2. The first-order chi connectivity index (χ1) is 32.7. The van der Waals surface area contributed by atoms with Crippen molar-refractivity contribution in [3.8, 4) is 0 Å². The van der Waals surface area contributed by atoms with E-state index in [0.717, 1.165) is 0 Å². The second-order valence-electron chi connectivity index (χ2n) is 17.0. The molecule has 3 aliphatic heterocycles. The molecule has 9 rings (SSSR count). The van der Waals surface area contributed by atoms with Crippen LogP contribution in [-0.4, -0.2) is 171 Å². The third kappa shape index (κ3) is 9.86. The Labute approximate surface area is 392 Å². The van der Waals surface area contributed by atoms with Gasteiger partial charge < -0.3 is 64.5 Å². The molecule has 3 saturated heterocycles. The number of hydrogen-bond acceptors (Lipinski definition) is 26. The molecule has 0 saturated carbocycles. The van der Waals surface area contributed by atoms with E-state index in [4.69, 9.17) is 58.8 Å². The summed E-state index contributed by atoms with van der Waals surface area (Å²) in [6.07, 6.45) is -4.72. The molecule has 0 radical (unpaired) electrons. The third-order valence-corrected chi connectivity index (χ3v) is 15.0. The lowest BCUT2D eigenvalue weighted by Crippen LogP contribution is -2.38. The quantitative estimate of drug-likeness (QED) is 0.0765. The molecule has 0 spiro atoms. The number of nitrogens with zero attached hydrogens (tertiary/aromatic N) is 12. The van der Waals surface area contributed by atoms with Crippen LogP contribution in [-0.2, 0) is 55.3 Å². The van der Waals surface area contributed by atoms with Crippen molar-refractivity contribution in [3.63, 3.8) is 0 Å². The summed E-state index contributed by atoms with van der Waals surface area (Å²) in [5.41, 5.74) is 19.8. The molecular formula is C37H52N15O14P3. The van der Waals surface area contributed by atoms with Gasteiger partial charge in [-0.25, -0.2) is 44.9 Å². The Bertz CT molecular complexity index is 2980. The predicted octanol–water partition coefficient (Wildman–Crippen LogP) is 1.71. The van der Waals surface area contributed by atoms with Crippen LogP contribution >= 0.6 is 22.6 Å². The van der Waals surface area contributed by atoms with E-state index in [1.807, 2.05) is 0 Å². The molecule has 6 aromatic heterocycles. The summed E-state index contributed by atoms with van der Waals surface area (Å²) < 4.78 is 101. The van der Waals surface area contributed by atoms with Crippen molar-refractivity contribution in [3.05, 3.63) is 38.0 Å². The van der Waals surface area contributed by atoms with Crippen LogP contribution in [0, 0.1) is 5.92 Å². The van der Waals surface area contributed by atoms with Gasteiger partial charge in [0.2, 0.25) is 0 Å². The van der Waals surface area contributed by atoms with Crippen LogP contribution in [0.5, 0.6) is 0 Å². The highest BCUT2D eigenvalue weighted by Crippen LogP contribution is 2.54. The summed E-state index contributed by atoms with van der Waals surface area (Å²) in [6.45, 7) is 8.10. The summed E-state index contributed by atoms with van der Waals surface area (Å²) in [6, 6.07) is 0. The van der Waals surface area contributed by atoms with Crippen LogP contribution in [0.15, 0.2) is 38.0 Å². The van der Waals surface area contributed by atoms with Gasteiger partial charge in [-0.15, -0.1) is 0 Å². The zero-order chi connectivity index (χ0) is 49.2. The second kappa shape index (κ2) is 19.1. The van der Waals surface area contributed by atoms with E-state index in [1.54, 1.807) is 18.4 Å². The van der Waals surface area contributed by atoms with Gasteiger partial charge in [-0.05, 0) is 6.92 Å². The van der Waals surface area contributed by atoms with Gasteiger partial charge in [0.15, 0.2) is 60.4 Å². The fourth-order valence-corrected chi connectivity index (χ4v) is 11.3. The van der Waals surface area contributed by atoms with Crippen LogP contribution < -0.4 is 17.2 Å². The number of hydrogen-bond donors (Lipinski definition) is 5. The van der Waals surface area contributed by atoms with Gasteiger partial charge in [0.05, 0.1) is 44.9 Å². The molecular weight excluding hydrogens is 971 g/mol. The molecule has 29 nitrogen and oxygen atoms in total. The maximum atomic E-state index is 14.5. The number of ether oxygens (including phenoxy) is 4. The first kappa shape index (κ1) is 49.3. The van der Waals surface area contributed by atoms with Crippen molar-refractivity contribution in [2.24, 2.45) is 5.92 Å². The minimum absolute atomic E-state index is 0.0644. The van der Waals surface area contributed by atoms with Gasteiger partial charge in [-0.3, -0.25) is 31.9 Å². The van der Waals surface area contributed by atoms with Crippen LogP contribution in [0.3, 0.4) is 0 Å². The molecule has 0 aliphatic carbocycles. The van der Waals surface area contributed by atoms with E-state index in [0.29, 0.717) is 11.2 Å². The van der Waals surface area contributed by atoms with E-state index in [-0.39, 0.29) is 53.0 Å². The van der Waals surface area contributed by atoms with Gasteiger partial charge in [0.25, 0.3) is 0 Å². The van der Waals surface area contributed by atoms with E-state index in [1.165, 1.54) is 73.8 Å². The van der Waals surface area contributed by atoms with Gasteiger partial charge >= 0.3 is 15.2 Å². The highest BCUT2D eigenvalue weighted by molar-refractivity contribution is 7.57. The van der Waals surface area contributed by atoms with Crippen molar-refractivity contribution in [2.75, 3.05) is 70.3 Å². The fraction of sp³-hybridized carbons (Fsp3) is 0.595. The van der Waals surface area contributed by atoms with E-state index < -0.39 is 109 Å². The fourth-order valence-electron chi connectivity index (χ4n) is 8.43. The molecule has 69 heavy (non-hydrogen) atoms. The van der Waals surface area contributed by atoms with Crippen LogP contribution in [0.25, 0.3) is 33.5 Å². The molecule has 3 fully saturated rings. The standard InChI is InChI=1S/C37H52N15O14P3/c1-7-58-27-20(10-61-68(5,56)65-26-17(2)18(8-59-67(3,4)55)62-36(26)51-15-48-22-30(39)42-12-45-33(22)51)64-37(52-16-49-23-31(40)43-13-46-34(23)52)28(27)66-69(6,57)60-9-19-24(53)25(54)35(63-19)50-14-47-21-29(38)41-11-44-32(21)50/h11-20,24-28,35-37,53-54H,7-10H2,1-6H3,(H2,38,41,44)(H2,39,42,45)(H2,40,43,46)/t17?,18-,19-,20-,24?,25?,26?,27?,28?,35-,36-,37-,68?,69?/m1/s1. The number of nitrogen functional groups attached to an aromatic ring is 3. The number of nitrogens with two attached hydrogens (primary N) is 3. The highest BCUT2D eigenvalue weighted by Gasteiger charge is 2.53. The number of fused-ring (bicyclic) bond motifs is 3. The molecule has 9 heterocycles. The molecule has 0 bridgehead atoms. The average molecular weight is 1020 g/mol. The monoisotopic (exact) mass is 1020 g/mol. The zero-order valence-electron chi connectivity index (χ0n) is 38.0. The van der Waals surface area contributed by atoms with Gasteiger partial charge in [-0.1, -0.05) is 6.92 Å². The first-order valence-corrected chi connectivity index (χ1v) is 28.0. The van der Waals surface area contributed by atoms with Crippen LogP contribution in [0.4, 0.5) is 17.5 Å². The van der Waals surface area contributed by atoms with Crippen molar-refractivity contribution in [1.29, 1.82) is 0 Å². The Kier molecular flexibility index (Phi) is 13.7. The molecule has 8 unspecified atom stereocenters. The summed E-state index contributed by atoms with van der Waals surface area (Å²) in [5, 5.41) is 22.1. The number of aliphatic hydroxyl groups is 2. The lowest BCUT2D eigenvalue weighted by atomic mass is 10.0. The molecule has 32 heteroatoms. The number of rotatable bonds is 18. The molecule has 0 amide bonds. The SMILES string of the molecule is CCOC1C(OP(C)(=O)OC[C@H]2O[C@@H](n3cnc4c(N)ncnc43)C(O)C2O)[C@H](n2cnc3c(N)ncnc32)O[C@@H]1COP(C)(=O)OC1C(C)[C@@H](COP(C)(C)=O)O[C@H]1n1cnc2c(N)ncnc21. The Morgan fingerprint density at radius 2 is 0.986 bits per heavy atom. The summed E-state index contributed by atoms with van der Waals surface area (Å²) >= 11 is 0. The molecule has 6 aromatic rings. The number of aromatic nitrogens is 12. The van der Waals surface area contributed by atoms with Crippen molar-refractivity contribution >= 4 is 73.5 Å². The second-order valence-corrected chi connectivity index (χ2v) is 23.8. The molecule has 14 atom stereocenters. The summed E-state index contributed by atoms with van der Waals surface area (Å²) in [4.78, 5) is 37.8. The van der Waals surface area contributed by atoms with Crippen molar-refractivity contribution in [1.82, 2.24) is 58.6 Å². The molecule has 8 N–H and O–H groups in total. The Morgan fingerprint density at radius 3 is 1.48 bits per heavy atom. The number of aliphatic hydroxyl groups excluding tert-OH is 2. The van der Waals surface area contributed by atoms with E-state index >= 15 is 0 Å². The number of anilines is 3. The van der Waals surface area contributed by atoms with Crippen LogP contribution in [0.2, 0.25) is 0 Å². The minimum atomic E-state index is -4.18. The van der Waals surface area contributed by atoms with E-state index in [2.05, 4.69) is 44.9 Å². The molecule has 374 valence electrons. The van der Waals surface area contributed by atoms with Crippen molar-refractivity contribution < 1.29 is 65.5 Å². The average Bonchev–Trinajstić information content (AvgIpc) is 4.16. The lowest BCUT2D eigenvalue weighted by molar-refractivity contribution is -0.0609. The summed E-state index contributed by atoms with van der Waals surface area (Å²) in [7, 11) is -11.2. The maximum absolute atomic E-state index is 14.5. The Hall–Kier alpha value is -4.70. The minimum Gasteiger partial charge on any atom is -0.387 e. The smallest absolute Gasteiger partial charge is 0.328 e.